The van der Waals surface area contributed by atoms with Crippen LogP contribution < -0.4 is 14.8 Å². The van der Waals surface area contributed by atoms with Crippen LogP contribution in [0.1, 0.15) is 12.5 Å². The zero-order chi connectivity index (χ0) is 16.7. The average molecular weight is 317 g/mol. The highest BCUT2D eigenvalue weighted by Gasteiger charge is 2.14. The lowest BCUT2D eigenvalue weighted by molar-refractivity contribution is -0.127. The monoisotopic (exact) mass is 317 g/mol. The SMILES string of the molecule is COc1ccc(CCNC(=O)C(C)Oc2cccc(F)c2)cc1. The van der Waals surface area contributed by atoms with Crippen molar-refractivity contribution < 1.29 is 18.7 Å². The normalized spacial score (nSPS) is 11.6. The molecule has 0 saturated heterocycles. The third-order valence-corrected chi connectivity index (χ3v) is 3.35. The van der Waals surface area contributed by atoms with Gasteiger partial charge in [0.25, 0.3) is 5.91 Å². The third-order valence-electron chi connectivity index (χ3n) is 3.35. The molecule has 0 aliphatic rings. The zero-order valence-electron chi connectivity index (χ0n) is 13.2. The fraction of sp³-hybridized carbons (Fsp3) is 0.278. The molecule has 0 heterocycles. The molecule has 0 aliphatic heterocycles. The van der Waals surface area contributed by atoms with E-state index in [2.05, 4.69) is 5.32 Å². The zero-order valence-corrected chi connectivity index (χ0v) is 13.2. The number of carbonyl (C=O) groups excluding carboxylic acids is 1. The number of carbonyl (C=O) groups is 1. The van der Waals surface area contributed by atoms with Crippen molar-refractivity contribution in [1.29, 1.82) is 0 Å². The third kappa shape index (κ3) is 5.29. The molecule has 0 fully saturated rings. The summed E-state index contributed by atoms with van der Waals surface area (Å²) in [6.45, 7) is 2.13. The van der Waals surface area contributed by atoms with Crippen LogP contribution in [0, 0.1) is 5.82 Å². The van der Waals surface area contributed by atoms with E-state index in [0.717, 1.165) is 11.3 Å². The molecule has 1 atom stereocenters. The molecule has 122 valence electrons. The van der Waals surface area contributed by atoms with Crippen molar-refractivity contribution in [3.05, 3.63) is 59.9 Å². The van der Waals surface area contributed by atoms with E-state index >= 15 is 0 Å². The van der Waals surface area contributed by atoms with Gasteiger partial charge in [-0.1, -0.05) is 18.2 Å². The molecule has 23 heavy (non-hydrogen) atoms. The Bertz CT molecular complexity index is 643. The molecular formula is C18H20FNO3. The van der Waals surface area contributed by atoms with Crippen LogP contribution in [0.4, 0.5) is 4.39 Å². The lowest BCUT2D eigenvalue weighted by Crippen LogP contribution is -2.37. The number of benzene rings is 2. The summed E-state index contributed by atoms with van der Waals surface area (Å²) in [6.07, 6.45) is 0.0234. The van der Waals surface area contributed by atoms with E-state index in [1.165, 1.54) is 12.1 Å². The Balaban J connectivity index is 1.77. The first-order valence-corrected chi connectivity index (χ1v) is 7.41. The van der Waals surface area contributed by atoms with E-state index in [9.17, 15) is 9.18 Å². The van der Waals surface area contributed by atoms with Gasteiger partial charge in [0.1, 0.15) is 17.3 Å². The second-order valence-electron chi connectivity index (χ2n) is 5.11. The van der Waals surface area contributed by atoms with Gasteiger partial charge >= 0.3 is 0 Å². The Morgan fingerprint density at radius 2 is 1.91 bits per heavy atom. The predicted molar refractivity (Wildman–Crippen MR) is 86.2 cm³/mol. The number of nitrogens with one attached hydrogen (secondary N) is 1. The van der Waals surface area contributed by atoms with Crippen LogP contribution in [-0.4, -0.2) is 25.7 Å². The molecule has 0 aromatic heterocycles. The van der Waals surface area contributed by atoms with E-state index in [4.69, 9.17) is 9.47 Å². The van der Waals surface area contributed by atoms with E-state index in [0.29, 0.717) is 18.7 Å². The highest BCUT2D eigenvalue weighted by molar-refractivity contribution is 5.80. The first-order chi connectivity index (χ1) is 11.1. The predicted octanol–water partition coefficient (Wildman–Crippen LogP) is 2.96. The minimum absolute atomic E-state index is 0.234. The maximum atomic E-state index is 13.1. The van der Waals surface area contributed by atoms with Crippen LogP contribution in [0.25, 0.3) is 0 Å². The van der Waals surface area contributed by atoms with Gasteiger partial charge < -0.3 is 14.8 Å². The van der Waals surface area contributed by atoms with E-state index in [1.807, 2.05) is 24.3 Å². The molecule has 1 unspecified atom stereocenters. The first-order valence-electron chi connectivity index (χ1n) is 7.41. The van der Waals surface area contributed by atoms with Crippen LogP contribution in [0.3, 0.4) is 0 Å². The Hall–Kier alpha value is -2.56. The number of hydrogen-bond acceptors (Lipinski definition) is 3. The summed E-state index contributed by atoms with van der Waals surface area (Å²) in [4.78, 5) is 12.0. The Morgan fingerprint density at radius 1 is 1.17 bits per heavy atom. The molecule has 5 heteroatoms. The summed E-state index contributed by atoms with van der Waals surface area (Å²) in [7, 11) is 1.62. The molecule has 0 aliphatic carbocycles. The minimum Gasteiger partial charge on any atom is -0.497 e. The van der Waals surface area contributed by atoms with Gasteiger partial charge in [0.2, 0.25) is 0 Å². The van der Waals surface area contributed by atoms with E-state index in [1.54, 1.807) is 26.2 Å². The van der Waals surface area contributed by atoms with Crippen molar-refractivity contribution in [2.24, 2.45) is 0 Å². The number of ether oxygens (including phenoxy) is 2. The number of methoxy groups -OCH3 is 1. The quantitative estimate of drug-likeness (QED) is 0.854. The Morgan fingerprint density at radius 3 is 2.57 bits per heavy atom. The van der Waals surface area contributed by atoms with E-state index in [-0.39, 0.29) is 5.91 Å². The van der Waals surface area contributed by atoms with Crippen molar-refractivity contribution in [1.82, 2.24) is 5.32 Å². The first kappa shape index (κ1) is 16.8. The summed E-state index contributed by atoms with van der Waals surface area (Å²) in [5.74, 6) is 0.509. The van der Waals surface area contributed by atoms with Gasteiger partial charge in [0.05, 0.1) is 7.11 Å². The van der Waals surface area contributed by atoms with Crippen LogP contribution in [-0.2, 0) is 11.2 Å². The smallest absolute Gasteiger partial charge is 0.260 e. The minimum atomic E-state index is -0.687. The molecule has 0 radical (unpaired) electrons. The summed E-state index contributed by atoms with van der Waals surface area (Å²) >= 11 is 0. The van der Waals surface area contributed by atoms with Crippen LogP contribution in [0.15, 0.2) is 48.5 Å². The van der Waals surface area contributed by atoms with Gasteiger partial charge in [0.15, 0.2) is 6.10 Å². The van der Waals surface area contributed by atoms with Crippen molar-refractivity contribution in [3.8, 4) is 11.5 Å². The molecule has 2 aromatic carbocycles. The molecule has 4 nitrogen and oxygen atoms in total. The summed E-state index contributed by atoms with van der Waals surface area (Å²) < 4.78 is 23.6. The number of halogens is 1. The molecular weight excluding hydrogens is 297 g/mol. The second-order valence-corrected chi connectivity index (χ2v) is 5.11. The van der Waals surface area contributed by atoms with Crippen molar-refractivity contribution in [2.75, 3.05) is 13.7 Å². The summed E-state index contributed by atoms with van der Waals surface area (Å²) in [5, 5.41) is 2.81. The number of hydrogen-bond donors (Lipinski definition) is 1. The molecule has 0 saturated carbocycles. The largest absolute Gasteiger partial charge is 0.497 e. The van der Waals surface area contributed by atoms with Crippen molar-refractivity contribution in [3.63, 3.8) is 0 Å². The number of amides is 1. The number of rotatable bonds is 7. The highest BCUT2D eigenvalue weighted by atomic mass is 19.1. The van der Waals surface area contributed by atoms with Crippen LogP contribution in [0.5, 0.6) is 11.5 Å². The molecule has 0 bridgehead atoms. The van der Waals surface area contributed by atoms with E-state index < -0.39 is 11.9 Å². The lowest BCUT2D eigenvalue weighted by atomic mass is 10.1. The van der Waals surface area contributed by atoms with Crippen LogP contribution in [0.2, 0.25) is 0 Å². The van der Waals surface area contributed by atoms with Crippen molar-refractivity contribution in [2.45, 2.75) is 19.4 Å². The Labute approximate surface area is 135 Å². The van der Waals surface area contributed by atoms with Gasteiger partial charge in [-0.05, 0) is 43.2 Å². The fourth-order valence-corrected chi connectivity index (χ4v) is 2.06. The van der Waals surface area contributed by atoms with Gasteiger partial charge in [-0.2, -0.15) is 0 Å². The molecule has 1 amide bonds. The van der Waals surface area contributed by atoms with Gasteiger partial charge in [0, 0.05) is 12.6 Å². The van der Waals surface area contributed by atoms with Crippen LogP contribution >= 0.6 is 0 Å². The molecule has 1 N–H and O–H groups in total. The second kappa shape index (κ2) is 8.17. The summed E-state index contributed by atoms with van der Waals surface area (Å²) in [6, 6.07) is 13.4. The fourth-order valence-electron chi connectivity index (χ4n) is 2.06. The van der Waals surface area contributed by atoms with Crippen molar-refractivity contribution >= 4 is 5.91 Å². The Kier molecular flexibility index (Phi) is 5.97. The topological polar surface area (TPSA) is 47.6 Å². The molecule has 0 spiro atoms. The maximum absolute atomic E-state index is 13.1. The molecule has 2 rings (SSSR count). The standard InChI is InChI=1S/C18H20FNO3/c1-13(23-17-5-3-4-15(19)12-17)18(21)20-11-10-14-6-8-16(22-2)9-7-14/h3-9,12-13H,10-11H2,1-2H3,(H,20,21). The maximum Gasteiger partial charge on any atom is 0.260 e. The average Bonchev–Trinajstić information content (AvgIpc) is 2.55. The summed E-state index contributed by atoms with van der Waals surface area (Å²) in [5.41, 5.74) is 1.10. The van der Waals surface area contributed by atoms with Gasteiger partial charge in [-0.25, -0.2) is 4.39 Å². The lowest BCUT2D eigenvalue weighted by Gasteiger charge is -2.14. The van der Waals surface area contributed by atoms with Gasteiger partial charge in [-0.15, -0.1) is 0 Å². The van der Waals surface area contributed by atoms with Gasteiger partial charge in [-0.3, -0.25) is 4.79 Å². The highest BCUT2D eigenvalue weighted by Crippen LogP contribution is 2.14. The molecule has 2 aromatic rings.